The third kappa shape index (κ3) is 4.18. The van der Waals surface area contributed by atoms with Gasteiger partial charge in [0.05, 0.1) is 0 Å². The average molecular weight is 392 g/mol. The zero-order valence-electron chi connectivity index (χ0n) is 15.5. The highest BCUT2D eigenvalue weighted by Crippen LogP contribution is 2.21. The van der Waals surface area contributed by atoms with Crippen molar-refractivity contribution in [2.24, 2.45) is 0 Å². The van der Waals surface area contributed by atoms with Crippen molar-refractivity contribution < 1.29 is 13.7 Å². The van der Waals surface area contributed by atoms with Gasteiger partial charge in [-0.25, -0.2) is 9.37 Å². The molecular weight excluding hydrogens is 375 g/mol. The number of carbonyl (C=O) groups excluding carboxylic acids is 1. The summed E-state index contributed by atoms with van der Waals surface area (Å²) in [6, 6.07) is 9.85. The van der Waals surface area contributed by atoms with E-state index in [-0.39, 0.29) is 24.8 Å². The lowest BCUT2D eigenvalue weighted by Crippen LogP contribution is -2.27. The second-order valence-electron chi connectivity index (χ2n) is 6.33. The molecule has 8 nitrogen and oxygen atoms in total. The standard InChI is InChI=1S/C20H17FN6O2/c1-13-24-17(19-25-20(29-26-19)14-6-8-22-9-7-14)11-27(13)12-18(28)23-10-15-4-2-3-5-16(15)21/h2-9,11H,10,12H2,1H3,(H,23,28). The summed E-state index contributed by atoms with van der Waals surface area (Å²) in [7, 11) is 0. The largest absolute Gasteiger partial charge is 0.350 e. The molecule has 0 unspecified atom stereocenters. The van der Waals surface area contributed by atoms with Crippen LogP contribution < -0.4 is 5.32 Å². The molecule has 0 bridgehead atoms. The number of hydrogen-bond acceptors (Lipinski definition) is 6. The van der Waals surface area contributed by atoms with Gasteiger partial charge in [-0.1, -0.05) is 23.4 Å². The summed E-state index contributed by atoms with van der Waals surface area (Å²) in [5, 5.41) is 6.66. The number of rotatable bonds is 6. The summed E-state index contributed by atoms with van der Waals surface area (Å²) in [6.45, 7) is 1.94. The van der Waals surface area contributed by atoms with Gasteiger partial charge in [-0.2, -0.15) is 4.98 Å². The first-order valence-corrected chi connectivity index (χ1v) is 8.88. The van der Waals surface area contributed by atoms with Crippen molar-refractivity contribution >= 4 is 5.91 Å². The maximum atomic E-state index is 13.7. The van der Waals surface area contributed by atoms with E-state index in [0.29, 0.717) is 28.8 Å². The van der Waals surface area contributed by atoms with Crippen LogP contribution in [0.4, 0.5) is 4.39 Å². The van der Waals surface area contributed by atoms with E-state index in [4.69, 9.17) is 4.52 Å². The van der Waals surface area contributed by atoms with E-state index in [9.17, 15) is 9.18 Å². The molecule has 9 heteroatoms. The van der Waals surface area contributed by atoms with Crippen LogP contribution in [-0.2, 0) is 17.9 Å². The predicted molar refractivity (Wildman–Crippen MR) is 102 cm³/mol. The number of aromatic nitrogens is 5. The lowest BCUT2D eigenvalue weighted by molar-refractivity contribution is -0.121. The van der Waals surface area contributed by atoms with Crippen LogP contribution in [0.5, 0.6) is 0 Å². The maximum absolute atomic E-state index is 13.7. The monoisotopic (exact) mass is 392 g/mol. The van der Waals surface area contributed by atoms with Crippen molar-refractivity contribution in [3.63, 3.8) is 0 Å². The van der Waals surface area contributed by atoms with Gasteiger partial charge in [-0.3, -0.25) is 9.78 Å². The van der Waals surface area contributed by atoms with E-state index in [0.717, 1.165) is 5.56 Å². The fourth-order valence-electron chi connectivity index (χ4n) is 2.76. The molecule has 0 saturated heterocycles. The highest BCUT2D eigenvalue weighted by Gasteiger charge is 2.16. The lowest BCUT2D eigenvalue weighted by atomic mass is 10.2. The zero-order chi connectivity index (χ0) is 20.2. The van der Waals surface area contributed by atoms with Crippen LogP contribution in [0.1, 0.15) is 11.4 Å². The minimum absolute atomic E-state index is 0.0440. The highest BCUT2D eigenvalue weighted by molar-refractivity contribution is 5.76. The van der Waals surface area contributed by atoms with Gasteiger partial charge in [0.25, 0.3) is 5.89 Å². The van der Waals surface area contributed by atoms with Crippen LogP contribution in [0.3, 0.4) is 0 Å². The summed E-state index contributed by atoms with van der Waals surface area (Å²) in [6.07, 6.45) is 4.95. The molecule has 4 rings (SSSR count). The number of imidazole rings is 1. The molecular formula is C20H17FN6O2. The van der Waals surface area contributed by atoms with Gasteiger partial charge in [-0.05, 0) is 25.1 Å². The van der Waals surface area contributed by atoms with Crippen LogP contribution in [0.25, 0.3) is 23.0 Å². The Balaban J connectivity index is 1.44. The summed E-state index contributed by atoms with van der Waals surface area (Å²) in [5.74, 6) is 0.695. The molecule has 0 saturated carbocycles. The number of carbonyl (C=O) groups is 1. The number of aryl methyl sites for hydroxylation is 1. The van der Waals surface area contributed by atoms with Crippen molar-refractivity contribution in [3.05, 3.63) is 72.2 Å². The molecule has 1 aromatic carbocycles. The Morgan fingerprint density at radius 2 is 1.97 bits per heavy atom. The van der Waals surface area contributed by atoms with E-state index in [2.05, 4.69) is 25.4 Å². The second-order valence-corrected chi connectivity index (χ2v) is 6.33. The van der Waals surface area contributed by atoms with Crippen molar-refractivity contribution in [2.45, 2.75) is 20.0 Å². The van der Waals surface area contributed by atoms with Gasteiger partial charge in [0.15, 0.2) is 0 Å². The van der Waals surface area contributed by atoms with Gasteiger partial charge in [0, 0.05) is 36.3 Å². The number of nitrogens with zero attached hydrogens (tertiary/aromatic N) is 5. The fraction of sp³-hybridized carbons (Fsp3) is 0.150. The van der Waals surface area contributed by atoms with Crippen LogP contribution in [-0.4, -0.2) is 30.6 Å². The normalized spacial score (nSPS) is 10.8. The Labute approximate surface area is 165 Å². The number of amides is 1. The molecule has 0 radical (unpaired) electrons. The second kappa shape index (κ2) is 8.01. The molecule has 0 fully saturated rings. The number of halogens is 1. The average Bonchev–Trinajstić information content (AvgIpc) is 3.35. The maximum Gasteiger partial charge on any atom is 0.258 e. The van der Waals surface area contributed by atoms with Crippen molar-refractivity contribution in [2.75, 3.05) is 0 Å². The molecule has 29 heavy (non-hydrogen) atoms. The van der Waals surface area contributed by atoms with Crippen molar-refractivity contribution in [1.29, 1.82) is 0 Å². The summed E-state index contributed by atoms with van der Waals surface area (Å²) in [4.78, 5) is 24.9. The van der Waals surface area contributed by atoms with Gasteiger partial charge >= 0.3 is 0 Å². The fourth-order valence-corrected chi connectivity index (χ4v) is 2.76. The molecule has 0 aliphatic carbocycles. The first kappa shape index (κ1) is 18.5. The molecule has 4 aromatic rings. The van der Waals surface area contributed by atoms with Gasteiger partial charge in [0.2, 0.25) is 11.7 Å². The summed E-state index contributed by atoms with van der Waals surface area (Å²) < 4.78 is 20.6. The van der Waals surface area contributed by atoms with Gasteiger partial charge < -0.3 is 14.4 Å². The molecule has 0 atom stereocenters. The third-order valence-electron chi connectivity index (χ3n) is 4.31. The Morgan fingerprint density at radius 1 is 1.17 bits per heavy atom. The number of pyridine rings is 1. The first-order chi connectivity index (χ1) is 14.1. The SMILES string of the molecule is Cc1nc(-c2noc(-c3ccncc3)n2)cn1CC(=O)NCc1ccccc1F. The molecule has 146 valence electrons. The first-order valence-electron chi connectivity index (χ1n) is 8.88. The van der Waals surface area contributed by atoms with Crippen molar-refractivity contribution in [1.82, 2.24) is 30.0 Å². The molecule has 1 N–H and O–H groups in total. The Bertz CT molecular complexity index is 1140. The van der Waals surface area contributed by atoms with E-state index >= 15 is 0 Å². The van der Waals surface area contributed by atoms with Crippen LogP contribution in [0, 0.1) is 12.7 Å². The summed E-state index contributed by atoms with van der Waals surface area (Å²) >= 11 is 0. The lowest BCUT2D eigenvalue weighted by Gasteiger charge is -2.07. The highest BCUT2D eigenvalue weighted by atomic mass is 19.1. The quantitative estimate of drug-likeness (QED) is 0.542. The molecule has 0 aliphatic heterocycles. The molecule has 0 aliphatic rings. The van der Waals surface area contributed by atoms with Gasteiger partial charge in [-0.15, -0.1) is 0 Å². The van der Waals surface area contributed by atoms with Crippen LogP contribution >= 0.6 is 0 Å². The molecule has 1 amide bonds. The number of nitrogens with one attached hydrogen (secondary N) is 1. The number of hydrogen-bond donors (Lipinski definition) is 1. The third-order valence-corrected chi connectivity index (χ3v) is 4.31. The van der Waals surface area contributed by atoms with E-state index < -0.39 is 0 Å². The minimum atomic E-state index is -0.351. The van der Waals surface area contributed by atoms with E-state index in [1.165, 1.54) is 6.07 Å². The molecule has 0 spiro atoms. The topological polar surface area (TPSA) is 98.7 Å². The van der Waals surface area contributed by atoms with Gasteiger partial charge in [0.1, 0.15) is 23.9 Å². The van der Waals surface area contributed by atoms with Crippen LogP contribution in [0.15, 0.2) is 59.5 Å². The predicted octanol–water partition coefficient (Wildman–Crippen LogP) is 2.76. The minimum Gasteiger partial charge on any atom is -0.350 e. The van der Waals surface area contributed by atoms with Crippen LogP contribution in [0.2, 0.25) is 0 Å². The summed E-state index contributed by atoms with van der Waals surface area (Å²) in [5.41, 5.74) is 1.68. The van der Waals surface area contributed by atoms with E-state index in [1.54, 1.807) is 60.4 Å². The Kier molecular flexibility index (Phi) is 5.10. The van der Waals surface area contributed by atoms with Crippen molar-refractivity contribution in [3.8, 4) is 23.0 Å². The Morgan fingerprint density at radius 3 is 2.76 bits per heavy atom. The smallest absolute Gasteiger partial charge is 0.258 e. The molecule has 3 aromatic heterocycles. The molecule has 3 heterocycles. The zero-order valence-corrected chi connectivity index (χ0v) is 15.5. The van der Waals surface area contributed by atoms with E-state index in [1.807, 2.05) is 0 Å². The number of benzene rings is 1. The Hall–Kier alpha value is -3.88.